The van der Waals surface area contributed by atoms with E-state index in [0.717, 1.165) is 28.1 Å². The van der Waals surface area contributed by atoms with E-state index in [1.165, 1.54) is 6.92 Å². The van der Waals surface area contributed by atoms with E-state index in [2.05, 4.69) is 11.3 Å². The summed E-state index contributed by atoms with van der Waals surface area (Å²) >= 11 is 0. The maximum atomic E-state index is 14.1. The van der Waals surface area contributed by atoms with Gasteiger partial charge in [-0.2, -0.15) is 0 Å². The van der Waals surface area contributed by atoms with Crippen LogP contribution in [-0.4, -0.2) is 82.9 Å². The first kappa shape index (κ1) is 31.9. The molecule has 3 fully saturated rings. The summed E-state index contributed by atoms with van der Waals surface area (Å²) in [7, 11) is 2.10. The zero-order valence-electron chi connectivity index (χ0n) is 24.7. The largest absolute Gasteiger partial charge is 0.469 e. The summed E-state index contributed by atoms with van der Waals surface area (Å²) < 4.78 is 15.5. The molecule has 0 radical (unpaired) electrons. The number of ketones is 2. The summed E-state index contributed by atoms with van der Waals surface area (Å²) in [4.78, 5) is 65.8. The van der Waals surface area contributed by atoms with Gasteiger partial charge in [0.25, 0.3) is 0 Å². The first-order valence-electron chi connectivity index (χ1n) is 13.3. The Labute approximate surface area is 234 Å². The molecule has 11 nitrogen and oxygen atoms in total. The van der Waals surface area contributed by atoms with E-state index >= 15 is 0 Å². The van der Waals surface area contributed by atoms with Gasteiger partial charge < -0.3 is 29.5 Å². The lowest BCUT2D eigenvalue weighted by molar-refractivity contribution is -0.288. The van der Waals surface area contributed by atoms with Gasteiger partial charge in [0, 0.05) is 35.5 Å². The maximum Gasteiger partial charge on any atom is 0.345 e. The van der Waals surface area contributed by atoms with Crippen molar-refractivity contribution in [2.45, 2.75) is 85.2 Å². The smallest absolute Gasteiger partial charge is 0.345 e. The lowest BCUT2D eigenvalue weighted by atomic mass is 9.34. The molecule has 0 aliphatic heterocycles. The quantitative estimate of drug-likeness (QED) is 0.188. The van der Waals surface area contributed by atoms with Crippen LogP contribution in [0.5, 0.6) is 0 Å². The van der Waals surface area contributed by atoms with E-state index in [1.54, 1.807) is 27.7 Å². The number of esters is 3. The molecule has 0 bridgehead atoms. The van der Waals surface area contributed by atoms with Gasteiger partial charge in [0.05, 0.1) is 37.8 Å². The predicted octanol–water partition coefficient (Wildman–Crippen LogP) is 1.15. The molecule has 3 N–H and O–H groups in total. The number of ether oxygens (including phenoxy) is 3. The van der Waals surface area contributed by atoms with Crippen molar-refractivity contribution in [1.82, 2.24) is 0 Å². The fourth-order valence-corrected chi connectivity index (χ4v) is 8.56. The third kappa shape index (κ3) is 3.91. The van der Waals surface area contributed by atoms with Crippen LogP contribution in [0.15, 0.2) is 12.2 Å². The number of Topliss-reactive ketones (excluding diaryl/α,β-unsaturated/α-hetero) is 2. The van der Waals surface area contributed by atoms with Crippen molar-refractivity contribution in [3.8, 4) is 0 Å². The monoisotopic (exact) mass is 566 g/mol. The number of hydrogen-bond donors (Lipinski definition) is 3. The van der Waals surface area contributed by atoms with Crippen LogP contribution in [0.3, 0.4) is 0 Å². The van der Waals surface area contributed by atoms with Crippen LogP contribution >= 0.6 is 0 Å². The van der Waals surface area contributed by atoms with Gasteiger partial charge >= 0.3 is 17.9 Å². The fourth-order valence-electron chi connectivity index (χ4n) is 8.56. The molecule has 0 saturated heterocycles. The van der Waals surface area contributed by atoms with Crippen LogP contribution < -0.4 is 0 Å². The van der Waals surface area contributed by atoms with Gasteiger partial charge in [-0.15, -0.1) is 0 Å². The zero-order chi connectivity index (χ0) is 31.0. The second-order valence-electron chi connectivity index (χ2n) is 13.0. The number of fused-ring (bicyclic) bond motifs is 3. The number of rotatable bonds is 5. The number of aliphatic hydroxyl groups excluding tert-OH is 2. The molecular weight excluding hydrogens is 524 g/mol. The van der Waals surface area contributed by atoms with Gasteiger partial charge in [0.1, 0.15) is 11.9 Å². The summed E-state index contributed by atoms with van der Waals surface area (Å²) in [6, 6.07) is 0. The Morgan fingerprint density at radius 1 is 0.975 bits per heavy atom. The molecule has 0 amide bonds. The van der Waals surface area contributed by atoms with Crippen LogP contribution in [0, 0.1) is 39.4 Å². The van der Waals surface area contributed by atoms with Crippen molar-refractivity contribution in [2.75, 3.05) is 14.2 Å². The van der Waals surface area contributed by atoms with Crippen LogP contribution in [0.1, 0.15) is 61.3 Å². The Balaban J connectivity index is 2.41. The van der Waals surface area contributed by atoms with Crippen molar-refractivity contribution in [3.63, 3.8) is 0 Å². The van der Waals surface area contributed by atoms with Gasteiger partial charge in [0.2, 0.25) is 5.60 Å². The topological polar surface area (TPSA) is 174 Å². The van der Waals surface area contributed by atoms with Gasteiger partial charge in [-0.1, -0.05) is 39.8 Å². The Morgan fingerprint density at radius 3 is 2.00 bits per heavy atom. The first-order valence-corrected chi connectivity index (χ1v) is 13.3. The third-order valence-corrected chi connectivity index (χ3v) is 10.7. The molecule has 0 unspecified atom stereocenters. The second-order valence-corrected chi connectivity index (χ2v) is 13.0. The van der Waals surface area contributed by atoms with Crippen LogP contribution in [0.25, 0.3) is 0 Å². The molecule has 3 saturated carbocycles. The van der Waals surface area contributed by atoms with Crippen LogP contribution in [-0.2, 0) is 38.2 Å². The molecule has 0 aromatic rings. The number of methoxy groups -OCH3 is 2. The summed E-state index contributed by atoms with van der Waals surface area (Å²) in [5.74, 6) is -7.52. The van der Waals surface area contributed by atoms with Gasteiger partial charge in [0.15, 0.2) is 5.78 Å². The van der Waals surface area contributed by atoms with Crippen molar-refractivity contribution < 1.29 is 53.5 Å². The molecule has 3 rings (SSSR count). The maximum absolute atomic E-state index is 14.1. The van der Waals surface area contributed by atoms with Crippen LogP contribution in [0.2, 0.25) is 0 Å². The average Bonchev–Trinajstić information content (AvgIpc) is 2.86. The van der Waals surface area contributed by atoms with Crippen molar-refractivity contribution >= 4 is 29.5 Å². The van der Waals surface area contributed by atoms with Gasteiger partial charge in [-0.3, -0.25) is 19.2 Å². The lowest BCUT2D eigenvalue weighted by Gasteiger charge is -2.70. The molecule has 3 aliphatic rings. The van der Waals surface area contributed by atoms with Gasteiger partial charge in [-0.05, 0) is 26.2 Å². The molecule has 3 aliphatic carbocycles. The standard InChI is InChI=1S/C29H42O11/c1-13-11-15-27(6)17(32)12-16(31)25(3,4)19(27)18(40-14(2)30)21(33)28(15,7)20(22(34)38-9)26(13,5)23(35)29(8,37)24(36)39-10/h15,17-21,32-33,37H,1,11-12H2,2-10H3/t15-,17-,18+,19-,20-,21+,26+,27-,28+,29-/m0/s1. The van der Waals surface area contributed by atoms with E-state index in [-0.39, 0.29) is 24.2 Å². The normalized spacial score (nSPS) is 42.0. The highest BCUT2D eigenvalue weighted by Crippen LogP contribution is 2.71. The number of carbonyl (C=O) groups is 5. The molecule has 0 spiro atoms. The molecule has 0 aromatic carbocycles. The molecule has 11 heteroatoms. The Hall–Kier alpha value is -2.63. The minimum atomic E-state index is -2.69. The highest BCUT2D eigenvalue weighted by molar-refractivity contribution is 6.11. The van der Waals surface area contributed by atoms with E-state index in [0.29, 0.717) is 0 Å². The van der Waals surface area contributed by atoms with Crippen molar-refractivity contribution in [1.29, 1.82) is 0 Å². The Morgan fingerprint density at radius 2 is 1.52 bits per heavy atom. The lowest BCUT2D eigenvalue weighted by Crippen LogP contribution is -2.77. The Bertz CT molecular complexity index is 1150. The summed E-state index contributed by atoms with van der Waals surface area (Å²) in [5, 5.41) is 34.7. The SMILES string of the molecule is C=C1C[C@H]2[C@@]3(C)[C@@H](O)CC(=O)C(C)(C)[C@@H]3[C@@H](OC(C)=O)[C@@H](O)[C@@]2(C)[C@@H](C(=O)OC)[C@]1(C)C(=O)[C@](C)(O)C(=O)OC. The minimum Gasteiger partial charge on any atom is -0.469 e. The number of allylic oxidation sites excluding steroid dienone is 1. The number of aliphatic hydroxyl groups is 3. The fraction of sp³-hybridized carbons (Fsp3) is 0.759. The van der Waals surface area contributed by atoms with E-state index in [4.69, 9.17) is 9.47 Å². The van der Waals surface area contributed by atoms with Crippen molar-refractivity contribution in [3.05, 3.63) is 12.2 Å². The zero-order valence-corrected chi connectivity index (χ0v) is 24.7. The molecule has 0 aromatic heterocycles. The summed E-state index contributed by atoms with van der Waals surface area (Å²) in [6.45, 7) is 14.2. The molecule has 224 valence electrons. The highest BCUT2D eigenvalue weighted by atomic mass is 16.6. The van der Waals surface area contributed by atoms with E-state index in [1.807, 2.05) is 0 Å². The van der Waals surface area contributed by atoms with Gasteiger partial charge in [-0.25, -0.2) is 4.79 Å². The second kappa shape index (κ2) is 9.73. The van der Waals surface area contributed by atoms with E-state index in [9.17, 15) is 39.3 Å². The van der Waals surface area contributed by atoms with Crippen molar-refractivity contribution in [2.24, 2.45) is 39.4 Å². The number of hydrogen-bond acceptors (Lipinski definition) is 11. The summed E-state index contributed by atoms with van der Waals surface area (Å²) in [6.07, 6.45) is -4.49. The first-order chi connectivity index (χ1) is 18.1. The highest BCUT2D eigenvalue weighted by Gasteiger charge is 2.77. The minimum absolute atomic E-state index is 0.0261. The molecule has 0 heterocycles. The molecular formula is C29H42O11. The molecule has 10 atom stereocenters. The summed E-state index contributed by atoms with van der Waals surface area (Å²) in [5.41, 5.74) is -8.51. The predicted molar refractivity (Wildman–Crippen MR) is 139 cm³/mol. The third-order valence-electron chi connectivity index (χ3n) is 10.7. The Kier molecular flexibility index (Phi) is 7.76. The number of carbonyl (C=O) groups excluding carboxylic acids is 5. The molecule has 40 heavy (non-hydrogen) atoms. The van der Waals surface area contributed by atoms with Crippen LogP contribution in [0.4, 0.5) is 0 Å². The van der Waals surface area contributed by atoms with E-state index < -0.39 is 87.0 Å². The average molecular weight is 567 g/mol.